The number of nitrogens with zero attached hydrogens (tertiary/aromatic N) is 2. The number of piperidine rings is 1. The molecule has 27 heavy (non-hydrogen) atoms. The van der Waals surface area contributed by atoms with Crippen molar-refractivity contribution in [1.29, 1.82) is 0 Å². The van der Waals surface area contributed by atoms with Crippen molar-refractivity contribution >= 4 is 26.8 Å². The summed E-state index contributed by atoms with van der Waals surface area (Å²) in [5.74, 6) is -0.0848. The lowest BCUT2D eigenvalue weighted by Gasteiger charge is -2.31. The summed E-state index contributed by atoms with van der Waals surface area (Å²) < 4.78 is 32.8. The predicted octanol–water partition coefficient (Wildman–Crippen LogP) is 2.03. The van der Waals surface area contributed by atoms with E-state index >= 15 is 0 Å². The Balaban J connectivity index is 1.92. The fraction of sp³-hybridized carbons (Fsp3) is 0.474. The number of methoxy groups -OCH3 is 1. The van der Waals surface area contributed by atoms with Crippen molar-refractivity contribution in [3.05, 3.63) is 36.2 Å². The van der Waals surface area contributed by atoms with Crippen LogP contribution in [0, 0.1) is 5.92 Å². The Morgan fingerprint density at radius 2 is 2.00 bits per heavy atom. The highest BCUT2D eigenvalue weighted by Gasteiger charge is 2.30. The van der Waals surface area contributed by atoms with Crippen LogP contribution in [-0.2, 0) is 14.8 Å². The van der Waals surface area contributed by atoms with Gasteiger partial charge in [0.05, 0.1) is 12.0 Å². The van der Waals surface area contributed by atoms with Crippen LogP contribution in [0.4, 0.5) is 0 Å². The topological polar surface area (TPSA) is 88.6 Å². The molecule has 0 unspecified atom stereocenters. The van der Waals surface area contributed by atoms with Crippen LogP contribution < -0.4 is 5.32 Å². The van der Waals surface area contributed by atoms with Crippen LogP contribution in [0.15, 0.2) is 35.4 Å². The zero-order valence-corrected chi connectivity index (χ0v) is 16.5. The Morgan fingerprint density at radius 3 is 2.67 bits per heavy atom. The second-order valence-electron chi connectivity index (χ2n) is 6.66. The number of esters is 1. The number of aromatic nitrogens is 1. The first-order valence-electron chi connectivity index (χ1n) is 9.16. The van der Waals surface area contributed by atoms with Crippen molar-refractivity contribution in [2.24, 2.45) is 5.92 Å². The lowest BCUT2D eigenvalue weighted by molar-refractivity contribution is 0.0596. The van der Waals surface area contributed by atoms with E-state index in [0.29, 0.717) is 29.8 Å². The Labute approximate surface area is 159 Å². The van der Waals surface area contributed by atoms with Gasteiger partial charge < -0.3 is 10.1 Å². The molecule has 1 fully saturated rings. The normalized spacial score (nSPS) is 16.5. The molecule has 2 aromatic rings. The van der Waals surface area contributed by atoms with Gasteiger partial charge in [-0.05, 0) is 44.0 Å². The molecule has 0 radical (unpaired) electrons. The maximum absolute atomic E-state index is 13.2. The first-order valence-corrected chi connectivity index (χ1v) is 10.6. The third kappa shape index (κ3) is 3.97. The van der Waals surface area contributed by atoms with Crippen LogP contribution in [-0.4, -0.2) is 57.0 Å². The van der Waals surface area contributed by atoms with Gasteiger partial charge in [0.25, 0.3) is 0 Å². The number of hydrogen-bond donors (Lipinski definition) is 1. The van der Waals surface area contributed by atoms with Crippen molar-refractivity contribution in [3.63, 3.8) is 0 Å². The summed E-state index contributed by atoms with van der Waals surface area (Å²) in [4.78, 5) is 16.2. The molecule has 1 aliphatic rings. The van der Waals surface area contributed by atoms with Crippen molar-refractivity contribution in [2.45, 2.75) is 24.7 Å². The highest BCUT2D eigenvalue weighted by Crippen LogP contribution is 2.29. The average Bonchev–Trinajstić information content (AvgIpc) is 2.71. The summed E-state index contributed by atoms with van der Waals surface area (Å²) in [5, 5.41) is 4.30. The summed E-state index contributed by atoms with van der Waals surface area (Å²) in [6, 6.07) is 6.55. The number of hydrogen-bond acceptors (Lipinski definition) is 6. The third-order valence-corrected chi connectivity index (χ3v) is 6.98. The van der Waals surface area contributed by atoms with E-state index in [1.54, 1.807) is 28.6 Å². The average molecular weight is 391 g/mol. The van der Waals surface area contributed by atoms with Gasteiger partial charge in [-0.2, -0.15) is 4.31 Å². The van der Waals surface area contributed by atoms with Gasteiger partial charge in [-0.25, -0.2) is 18.2 Å². The first-order chi connectivity index (χ1) is 13.0. The van der Waals surface area contributed by atoms with Gasteiger partial charge in [0.1, 0.15) is 0 Å². The largest absolute Gasteiger partial charge is 0.464 e. The van der Waals surface area contributed by atoms with Crippen molar-refractivity contribution in [3.8, 4) is 0 Å². The second-order valence-corrected chi connectivity index (χ2v) is 8.56. The fourth-order valence-corrected chi connectivity index (χ4v) is 5.18. The zero-order chi connectivity index (χ0) is 19.4. The van der Waals surface area contributed by atoms with E-state index in [2.05, 4.69) is 17.2 Å². The molecule has 0 saturated carbocycles. The third-order valence-electron chi connectivity index (χ3n) is 5.02. The van der Waals surface area contributed by atoms with Gasteiger partial charge in [0.15, 0.2) is 5.69 Å². The Morgan fingerprint density at radius 1 is 1.26 bits per heavy atom. The summed E-state index contributed by atoms with van der Waals surface area (Å²) in [6.07, 6.45) is 3.12. The molecule has 7 nitrogen and oxygen atoms in total. The number of benzene rings is 1. The molecule has 8 heteroatoms. The summed E-state index contributed by atoms with van der Waals surface area (Å²) in [6.45, 7) is 4.92. The van der Waals surface area contributed by atoms with E-state index in [9.17, 15) is 13.2 Å². The zero-order valence-electron chi connectivity index (χ0n) is 15.6. The highest BCUT2D eigenvalue weighted by atomic mass is 32.2. The number of fused-ring (bicyclic) bond motifs is 1. The molecule has 1 aromatic heterocycles. The minimum absolute atomic E-state index is 0.122. The van der Waals surface area contributed by atoms with E-state index in [1.807, 2.05) is 0 Å². The first kappa shape index (κ1) is 19.7. The van der Waals surface area contributed by atoms with Crippen LogP contribution in [0.3, 0.4) is 0 Å². The Hall–Kier alpha value is -2.03. The van der Waals surface area contributed by atoms with Gasteiger partial charge in [0, 0.05) is 30.1 Å². The monoisotopic (exact) mass is 391 g/mol. The molecular formula is C19H25N3O4S. The van der Waals surface area contributed by atoms with Crippen LogP contribution in [0.5, 0.6) is 0 Å². The van der Waals surface area contributed by atoms with Gasteiger partial charge in [-0.3, -0.25) is 0 Å². The molecular weight excluding hydrogens is 366 g/mol. The predicted molar refractivity (Wildman–Crippen MR) is 103 cm³/mol. The molecule has 0 atom stereocenters. The van der Waals surface area contributed by atoms with Crippen molar-refractivity contribution < 1.29 is 17.9 Å². The van der Waals surface area contributed by atoms with Crippen molar-refractivity contribution in [1.82, 2.24) is 14.6 Å². The summed E-state index contributed by atoms with van der Waals surface area (Å²) in [5.41, 5.74) is 0.122. The smallest absolute Gasteiger partial charge is 0.357 e. The van der Waals surface area contributed by atoms with Crippen LogP contribution >= 0.6 is 0 Å². The molecule has 0 amide bonds. The van der Waals surface area contributed by atoms with E-state index in [4.69, 9.17) is 4.74 Å². The maximum Gasteiger partial charge on any atom is 0.357 e. The molecule has 3 rings (SSSR count). The quantitative estimate of drug-likeness (QED) is 0.758. The molecule has 0 bridgehead atoms. The van der Waals surface area contributed by atoms with Gasteiger partial charge in [0.2, 0.25) is 10.0 Å². The number of ether oxygens (including phenoxy) is 1. The van der Waals surface area contributed by atoms with E-state index in [1.165, 1.54) is 13.3 Å². The Bertz CT molecular complexity index is 922. The molecule has 0 aliphatic carbocycles. The molecule has 2 heterocycles. The molecule has 1 aromatic carbocycles. The summed E-state index contributed by atoms with van der Waals surface area (Å²) >= 11 is 0. The SMILES string of the molecule is CCNCC1CCN(S(=O)(=O)c2cccc3c(C(=O)OC)nccc23)CC1. The highest BCUT2D eigenvalue weighted by molar-refractivity contribution is 7.89. The number of carbonyl (C=O) groups is 1. The minimum Gasteiger partial charge on any atom is -0.464 e. The van der Waals surface area contributed by atoms with E-state index in [0.717, 1.165) is 25.9 Å². The van der Waals surface area contributed by atoms with E-state index < -0.39 is 16.0 Å². The standard InChI is InChI=1S/C19H25N3O4S/c1-3-20-13-14-8-11-22(12-9-14)27(24,25)17-6-4-5-16-15(17)7-10-21-18(16)19(23)26-2/h4-7,10,14,20H,3,8-9,11-13H2,1-2H3. The van der Waals surface area contributed by atoms with Crippen LogP contribution in [0.2, 0.25) is 0 Å². The van der Waals surface area contributed by atoms with Gasteiger partial charge in [-0.15, -0.1) is 0 Å². The van der Waals surface area contributed by atoms with Crippen molar-refractivity contribution in [2.75, 3.05) is 33.3 Å². The van der Waals surface area contributed by atoms with Gasteiger partial charge in [-0.1, -0.05) is 19.1 Å². The molecule has 1 N–H and O–H groups in total. The molecule has 146 valence electrons. The molecule has 0 spiro atoms. The van der Waals surface area contributed by atoms with E-state index in [-0.39, 0.29) is 10.6 Å². The van der Waals surface area contributed by atoms with Gasteiger partial charge >= 0.3 is 5.97 Å². The molecule has 1 saturated heterocycles. The number of carbonyl (C=O) groups excluding carboxylic acids is 1. The number of sulfonamides is 1. The molecule has 1 aliphatic heterocycles. The summed E-state index contributed by atoms with van der Waals surface area (Å²) in [7, 11) is -2.37. The minimum atomic E-state index is -3.65. The van der Waals surface area contributed by atoms with Crippen LogP contribution in [0.1, 0.15) is 30.3 Å². The second kappa shape index (κ2) is 8.33. The maximum atomic E-state index is 13.2. The Kier molecular flexibility index (Phi) is 6.08. The number of nitrogens with one attached hydrogen (secondary N) is 1. The van der Waals surface area contributed by atoms with Crippen LogP contribution in [0.25, 0.3) is 10.8 Å². The fourth-order valence-electron chi connectivity index (χ4n) is 3.50. The number of rotatable bonds is 6. The number of pyridine rings is 1. The lowest BCUT2D eigenvalue weighted by Crippen LogP contribution is -2.40. The lowest BCUT2D eigenvalue weighted by atomic mass is 9.98.